The van der Waals surface area contributed by atoms with E-state index in [0.717, 1.165) is 46.1 Å². The molecule has 0 saturated heterocycles. The SMILES string of the molecule is CCCCCNC(=O)C(C)Sc1nc2ccc(N)cc2s1. The molecular weight excluding hydrogens is 302 g/mol. The predicted octanol–water partition coefficient (Wildman–Crippen LogP) is 3.67. The standard InChI is InChI=1S/C15H21N3OS2/c1-3-4-5-8-17-14(19)10(2)20-15-18-12-7-6-11(16)9-13(12)21-15/h6-7,9-10H,3-5,8,16H2,1-2H3,(H,17,19). The number of unbranched alkanes of at least 4 members (excludes halogenated alkanes) is 2. The number of nitrogen functional groups attached to an aromatic ring is 1. The summed E-state index contributed by atoms with van der Waals surface area (Å²) >= 11 is 3.08. The number of nitrogens with one attached hydrogen (secondary N) is 1. The first kappa shape index (κ1) is 16.1. The van der Waals surface area contributed by atoms with Gasteiger partial charge in [-0.1, -0.05) is 31.5 Å². The van der Waals surface area contributed by atoms with Crippen LogP contribution >= 0.6 is 23.1 Å². The van der Waals surface area contributed by atoms with Crippen LogP contribution in [0.2, 0.25) is 0 Å². The molecule has 0 radical (unpaired) electrons. The number of benzene rings is 1. The molecule has 0 aliphatic heterocycles. The zero-order chi connectivity index (χ0) is 15.2. The van der Waals surface area contributed by atoms with E-state index in [1.54, 1.807) is 11.3 Å². The van der Waals surface area contributed by atoms with Crippen LogP contribution in [0.4, 0.5) is 5.69 Å². The molecule has 1 aromatic heterocycles. The van der Waals surface area contributed by atoms with Gasteiger partial charge in [-0.3, -0.25) is 4.79 Å². The number of thioether (sulfide) groups is 1. The van der Waals surface area contributed by atoms with Crippen LogP contribution in [0.1, 0.15) is 33.1 Å². The van der Waals surface area contributed by atoms with E-state index >= 15 is 0 Å². The van der Waals surface area contributed by atoms with E-state index < -0.39 is 0 Å². The van der Waals surface area contributed by atoms with Crippen LogP contribution in [-0.2, 0) is 4.79 Å². The molecule has 0 aliphatic rings. The maximum Gasteiger partial charge on any atom is 0.233 e. The van der Waals surface area contributed by atoms with Crippen molar-refractivity contribution in [1.82, 2.24) is 10.3 Å². The monoisotopic (exact) mass is 323 g/mol. The second-order valence-electron chi connectivity index (χ2n) is 4.97. The summed E-state index contributed by atoms with van der Waals surface area (Å²) in [5, 5.41) is 2.84. The van der Waals surface area contributed by atoms with E-state index in [9.17, 15) is 4.79 Å². The highest BCUT2D eigenvalue weighted by Gasteiger charge is 2.16. The summed E-state index contributed by atoms with van der Waals surface area (Å²) in [6, 6.07) is 5.69. The number of thiazole rings is 1. The smallest absolute Gasteiger partial charge is 0.233 e. The number of hydrogen-bond acceptors (Lipinski definition) is 5. The van der Waals surface area contributed by atoms with Crippen molar-refractivity contribution >= 4 is 44.9 Å². The molecule has 3 N–H and O–H groups in total. The van der Waals surface area contributed by atoms with E-state index in [2.05, 4.69) is 17.2 Å². The Balaban J connectivity index is 1.91. The lowest BCUT2D eigenvalue weighted by molar-refractivity contribution is -0.120. The average molecular weight is 323 g/mol. The number of anilines is 1. The van der Waals surface area contributed by atoms with Gasteiger partial charge in [0.25, 0.3) is 0 Å². The van der Waals surface area contributed by atoms with E-state index in [1.165, 1.54) is 11.8 Å². The Morgan fingerprint density at radius 1 is 1.48 bits per heavy atom. The van der Waals surface area contributed by atoms with Crippen molar-refractivity contribution in [2.24, 2.45) is 0 Å². The van der Waals surface area contributed by atoms with Gasteiger partial charge in [-0.05, 0) is 31.5 Å². The van der Waals surface area contributed by atoms with Crippen molar-refractivity contribution in [2.75, 3.05) is 12.3 Å². The fourth-order valence-electron chi connectivity index (χ4n) is 1.91. The number of hydrogen-bond donors (Lipinski definition) is 2. The van der Waals surface area contributed by atoms with Gasteiger partial charge in [0.1, 0.15) is 0 Å². The lowest BCUT2D eigenvalue weighted by atomic mass is 10.2. The zero-order valence-corrected chi connectivity index (χ0v) is 14.0. The second-order valence-corrected chi connectivity index (χ2v) is 7.58. The van der Waals surface area contributed by atoms with E-state index in [-0.39, 0.29) is 11.2 Å². The molecule has 1 amide bonds. The van der Waals surface area contributed by atoms with Gasteiger partial charge in [0.2, 0.25) is 5.91 Å². The summed E-state index contributed by atoms with van der Waals surface area (Å²) in [6.45, 7) is 4.83. The third kappa shape index (κ3) is 4.61. The number of amides is 1. The van der Waals surface area contributed by atoms with Gasteiger partial charge in [0.05, 0.1) is 15.5 Å². The molecule has 1 atom stereocenters. The Bertz CT molecular complexity index is 612. The van der Waals surface area contributed by atoms with Crippen LogP contribution < -0.4 is 11.1 Å². The molecule has 0 spiro atoms. The number of nitrogens with zero attached hydrogens (tertiary/aromatic N) is 1. The summed E-state index contributed by atoms with van der Waals surface area (Å²) in [5.41, 5.74) is 7.45. The third-order valence-electron chi connectivity index (χ3n) is 3.12. The molecule has 2 aromatic rings. The Kier molecular flexibility index (Phi) is 5.87. The number of carbonyl (C=O) groups excluding carboxylic acids is 1. The second kappa shape index (κ2) is 7.66. The first-order chi connectivity index (χ1) is 10.1. The number of nitrogens with two attached hydrogens (primary N) is 1. The lowest BCUT2D eigenvalue weighted by Gasteiger charge is -2.09. The quantitative estimate of drug-likeness (QED) is 0.463. The Morgan fingerprint density at radius 3 is 3.05 bits per heavy atom. The largest absolute Gasteiger partial charge is 0.399 e. The van der Waals surface area contributed by atoms with Crippen LogP contribution in [0, 0.1) is 0 Å². The minimum Gasteiger partial charge on any atom is -0.399 e. The van der Waals surface area contributed by atoms with Crippen LogP contribution in [0.3, 0.4) is 0 Å². The minimum absolute atomic E-state index is 0.0786. The molecule has 114 valence electrons. The van der Waals surface area contributed by atoms with Crippen molar-refractivity contribution in [1.29, 1.82) is 0 Å². The molecular formula is C15H21N3OS2. The van der Waals surface area contributed by atoms with Crippen molar-refractivity contribution in [2.45, 2.75) is 42.7 Å². The van der Waals surface area contributed by atoms with E-state index in [0.29, 0.717) is 0 Å². The first-order valence-electron chi connectivity index (χ1n) is 7.20. The normalized spacial score (nSPS) is 12.5. The molecule has 2 rings (SSSR count). The van der Waals surface area contributed by atoms with Crippen LogP contribution in [0.15, 0.2) is 22.5 Å². The highest BCUT2D eigenvalue weighted by molar-refractivity contribution is 8.02. The van der Waals surface area contributed by atoms with E-state index in [1.807, 2.05) is 25.1 Å². The molecule has 1 heterocycles. The van der Waals surface area contributed by atoms with Crippen LogP contribution in [0.5, 0.6) is 0 Å². The van der Waals surface area contributed by atoms with Gasteiger partial charge in [0.15, 0.2) is 4.34 Å². The molecule has 1 unspecified atom stereocenters. The molecule has 4 nitrogen and oxygen atoms in total. The van der Waals surface area contributed by atoms with Crippen molar-refractivity contribution < 1.29 is 4.79 Å². The minimum atomic E-state index is -0.135. The Morgan fingerprint density at radius 2 is 2.29 bits per heavy atom. The number of fused-ring (bicyclic) bond motifs is 1. The number of aromatic nitrogens is 1. The fraction of sp³-hybridized carbons (Fsp3) is 0.467. The van der Waals surface area contributed by atoms with Gasteiger partial charge in [-0.25, -0.2) is 4.98 Å². The summed E-state index contributed by atoms with van der Waals surface area (Å²) in [6.07, 6.45) is 3.36. The fourth-order valence-corrected chi connectivity index (χ4v) is 4.19. The summed E-state index contributed by atoms with van der Waals surface area (Å²) < 4.78 is 1.97. The molecule has 0 saturated carbocycles. The summed E-state index contributed by atoms with van der Waals surface area (Å²) in [7, 11) is 0. The van der Waals surface area contributed by atoms with Crippen LogP contribution in [-0.4, -0.2) is 22.7 Å². The third-order valence-corrected chi connectivity index (χ3v) is 5.33. The van der Waals surface area contributed by atoms with Gasteiger partial charge in [0, 0.05) is 12.2 Å². The first-order valence-corrected chi connectivity index (χ1v) is 8.90. The molecule has 6 heteroatoms. The molecule has 1 aromatic carbocycles. The molecule has 0 fully saturated rings. The molecule has 0 bridgehead atoms. The highest BCUT2D eigenvalue weighted by atomic mass is 32.2. The van der Waals surface area contributed by atoms with Crippen LogP contribution in [0.25, 0.3) is 10.2 Å². The predicted molar refractivity (Wildman–Crippen MR) is 91.9 cm³/mol. The maximum absolute atomic E-state index is 12.0. The average Bonchev–Trinajstić information content (AvgIpc) is 2.84. The molecule has 0 aliphatic carbocycles. The summed E-state index contributed by atoms with van der Waals surface area (Å²) in [4.78, 5) is 16.5. The topological polar surface area (TPSA) is 68.0 Å². The van der Waals surface area contributed by atoms with Gasteiger partial charge >= 0.3 is 0 Å². The van der Waals surface area contributed by atoms with E-state index in [4.69, 9.17) is 5.73 Å². The van der Waals surface area contributed by atoms with Crippen molar-refractivity contribution in [3.63, 3.8) is 0 Å². The maximum atomic E-state index is 12.0. The molecule has 21 heavy (non-hydrogen) atoms. The zero-order valence-electron chi connectivity index (χ0n) is 12.4. The van der Waals surface area contributed by atoms with Gasteiger partial charge < -0.3 is 11.1 Å². The number of carbonyl (C=O) groups is 1. The Labute approximate surface area is 133 Å². The van der Waals surface area contributed by atoms with Crippen molar-refractivity contribution in [3.05, 3.63) is 18.2 Å². The van der Waals surface area contributed by atoms with Gasteiger partial charge in [-0.2, -0.15) is 0 Å². The van der Waals surface area contributed by atoms with Gasteiger partial charge in [-0.15, -0.1) is 11.3 Å². The lowest BCUT2D eigenvalue weighted by Crippen LogP contribution is -2.31. The highest BCUT2D eigenvalue weighted by Crippen LogP contribution is 2.32. The summed E-state index contributed by atoms with van der Waals surface area (Å²) in [5.74, 6) is 0.0786. The number of rotatable bonds is 7. The Hall–Kier alpha value is -1.27. The van der Waals surface area contributed by atoms with Crippen molar-refractivity contribution in [3.8, 4) is 0 Å².